The molecule has 0 aromatic carbocycles. The number of ether oxygens (including phenoxy) is 1. The Hall–Kier alpha value is -3.50. The summed E-state index contributed by atoms with van der Waals surface area (Å²) in [6, 6.07) is 5.22. The van der Waals surface area contributed by atoms with E-state index in [0.29, 0.717) is 16.8 Å². The average molecular weight is 379 g/mol. The van der Waals surface area contributed by atoms with Gasteiger partial charge >= 0.3 is 12.2 Å². The molecule has 27 heavy (non-hydrogen) atoms. The van der Waals surface area contributed by atoms with E-state index in [4.69, 9.17) is 0 Å². The molecule has 0 aliphatic rings. The Balaban J connectivity index is 1.79. The zero-order chi connectivity index (χ0) is 19.4. The number of aromatic amines is 1. The first-order valence-electron chi connectivity index (χ1n) is 7.58. The lowest BCUT2D eigenvalue weighted by Gasteiger charge is -2.08. The van der Waals surface area contributed by atoms with E-state index in [1.165, 1.54) is 41.5 Å². The summed E-state index contributed by atoms with van der Waals surface area (Å²) in [5.74, 6) is 0. The Bertz CT molecular complexity index is 1020. The highest BCUT2D eigenvalue weighted by Crippen LogP contribution is 2.18. The molecule has 0 radical (unpaired) electrons. The first-order chi connectivity index (χ1) is 12.8. The highest BCUT2D eigenvalue weighted by atomic mass is 19.4. The fraction of sp³-hybridized carbons (Fsp3) is 0.188. The fourth-order valence-corrected chi connectivity index (χ4v) is 2.10. The minimum Gasteiger partial charge on any atom is -0.454 e. The van der Waals surface area contributed by atoms with Crippen molar-refractivity contribution < 1.29 is 17.9 Å². The Morgan fingerprint density at radius 1 is 1.07 bits per heavy atom. The monoisotopic (exact) mass is 379 g/mol. The third-order valence-corrected chi connectivity index (χ3v) is 3.34. The number of H-pyrrole nitrogens is 1. The molecule has 0 saturated heterocycles. The number of nitrogens with one attached hydrogen (secondary N) is 1. The minimum absolute atomic E-state index is 0.122. The highest BCUT2D eigenvalue weighted by Gasteiger charge is 2.28. The molecule has 3 rings (SSSR count). The van der Waals surface area contributed by atoms with Gasteiger partial charge in [0.2, 0.25) is 5.56 Å². The number of hydrogen-bond donors (Lipinski definition) is 1. The summed E-state index contributed by atoms with van der Waals surface area (Å²) >= 11 is 0. The summed E-state index contributed by atoms with van der Waals surface area (Å²) in [6.07, 6.45) is -0.522. The summed E-state index contributed by atoms with van der Waals surface area (Å²) in [5.41, 5.74) is 0.772. The van der Waals surface area contributed by atoms with Crippen LogP contribution in [0.4, 0.5) is 13.2 Å². The topological polar surface area (TPSA) is 103 Å². The van der Waals surface area contributed by atoms with Gasteiger partial charge in [0.1, 0.15) is 0 Å². The van der Waals surface area contributed by atoms with E-state index in [0.717, 1.165) is 0 Å². The number of halogens is 3. The van der Waals surface area contributed by atoms with Crippen molar-refractivity contribution in [2.75, 3.05) is 6.61 Å². The van der Waals surface area contributed by atoms with Gasteiger partial charge in [-0.2, -0.15) is 18.3 Å². The summed E-state index contributed by atoms with van der Waals surface area (Å²) < 4.78 is 42.0. The van der Waals surface area contributed by atoms with Gasteiger partial charge in [-0.3, -0.25) is 9.59 Å². The van der Waals surface area contributed by atoms with Crippen molar-refractivity contribution in [2.24, 2.45) is 0 Å². The molecule has 140 valence electrons. The molecule has 0 unspecified atom stereocenters. The van der Waals surface area contributed by atoms with Gasteiger partial charge in [0.05, 0.1) is 12.2 Å². The lowest BCUT2D eigenvalue weighted by molar-refractivity contribution is -0.154. The Kier molecular flexibility index (Phi) is 5.01. The summed E-state index contributed by atoms with van der Waals surface area (Å²) in [5, 5.41) is 4.19. The van der Waals surface area contributed by atoms with E-state index in [1.807, 2.05) is 0 Å². The maximum atomic E-state index is 12.1. The molecule has 8 nitrogen and oxygen atoms in total. The van der Waals surface area contributed by atoms with E-state index in [2.05, 4.69) is 24.8 Å². The largest absolute Gasteiger partial charge is 0.454 e. The molecule has 0 fully saturated rings. The van der Waals surface area contributed by atoms with Crippen LogP contribution in [0.3, 0.4) is 0 Å². The van der Waals surface area contributed by atoms with E-state index < -0.39 is 18.8 Å². The van der Waals surface area contributed by atoms with Gasteiger partial charge in [-0.1, -0.05) is 6.07 Å². The molecule has 0 saturated carbocycles. The minimum atomic E-state index is -4.49. The second-order valence-corrected chi connectivity index (χ2v) is 5.43. The molecule has 0 amide bonds. The van der Waals surface area contributed by atoms with Gasteiger partial charge in [0.15, 0.2) is 6.61 Å². The predicted octanol–water partition coefficient (Wildman–Crippen LogP) is 1.38. The molecule has 3 aromatic heterocycles. The van der Waals surface area contributed by atoms with Crippen molar-refractivity contribution in [3.05, 3.63) is 69.1 Å². The summed E-state index contributed by atoms with van der Waals surface area (Å²) in [6.45, 7) is -1.37. The molecule has 3 aromatic rings. The Morgan fingerprint density at radius 3 is 2.44 bits per heavy atom. The van der Waals surface area contributed by atoms with Crippen LogP contribution >= 0.6 is 0 Å². The van der Waals surface area contributed by atoms with Crippen molar-refractivity contribution in [3.63, 3.8) is 0 Å². The predicted molar refractivity (Wildman–Crippen MR) is 87.2 cm³/mol. The molecule has 0 bridgehead atoms. The molecule has 0 aliphatic carbocycles. The van der Waals surface area contributed by atoms with Crippen LogP contribution in [-0.4, -0.2) is 37.5 Å². The molecular formula is C16H12F3N5O3. The van der Waals surface area contributed by atoms with E-state index >= 15 is 0 Å². The van der Waals surface area contributed by atoms with Gasteiger partial charge in [0.25, 0.3) is 5.56 Å². The smallest absolute Gasteiger partial charge is 0.422 e. The van der Waals surface area contributed by atoms with Crippen LogP contribution in [0.5, 0.6) is 6.01 Å². The summed E-state index contributed by atoms with van der Waals surface area (Å²) in [7, 11) is 0. The molecule has 1 N–H and O–H groups in total. The highest BCUT2D eigenvalue weighted by molar-refractivity contribution is 5.55. The number of aromatic nitrogens is 5. The normalized spacial score (nSPS) is 11.4. The molecule has 0 atom stereocenters. The summed E-state index contributed by atoms with van der Waals surface area (Å²) in [4.78, 5) is 33.0. The SMILES string of the molecule is O=c1ccc(Cn2nc(-c3cnc(OCC(F)(F)F)nc3)ccc2=O)c[nH]1. The van der Waals surface area contributed by atoms with Crippen molar-refractivity contribution >= 4 is 0 Å². The van der Waals surface area contributed by atoms with Crippen molar-refractivity contribution in [1.29, 1.82) is 0 Å². The second kappa shape index (κ2) is 7.40. The first kappa shape index (κ1) is 18.3. The van der Waals surface area contributed by atoms with Gasteiger partial charge in [-0.05, 0) is 11.6 Å². The number of pyridine rings is 1. The maximum absolute atomic E-state index is 12.1. The van der Waals surface area contributed by atoms with Crippen LogP contribution in [0.1, 0.15) is 5.56 Å². The first-order valence-corrected chi connectivity index (χ1v) is 7.58. The zero-order valence-electron chi connectivity index (χ0n) is 13.6. The number of hydrogen-bond acceptors (Lipinski definition) is 6. The van der Waals surface area contributed by atoms with E-state index in [9.17, 15) is 22.8 Å². The fourth-order valence-electron chi connectivity index (χ4n) is 2.10. The van der Waals surface area contributed by atoms with E-state index in [-0.39, 0.29) is 17.7 Å². The van der Waals surface area contributed by atoms with Gasteiger partial charge in [0, 0.05) is 36.3 Å². The quantitative estimate of drug-likeness (QED) is 0.719. The third kappa shape index (κ3) is 5.00. The Morgan fingerprint density at radius 2 is 1.81 bits per heavy atom. The molecule has 11 heteroatoms. The lowest BCUT2D eigenvalue weighted by atomic mass is 10.2. The third-order valence-electron chi connectivity index (χ3n) is 3.34. The number of alkyl halides is 3. The molecular weight excluding hydrogens is 367 g/mol. The van der Waals surface area contributed by atoms with Crippen LogP contribution in [-0.2, 0) is 6.54 Å². The average Bonchev–Trinajstić information content (AvgIpc) is 2.63. The van der Waals surface area contributed by atoms with Gasteiger partial charge in [-0.25, -0.2) is 14.6 Å². The number of nitrogens with zero attached hydrogens (tertiary/aromatic N) is 4. The van der Waals surface area contributed by atoms with E-state index in [1.54, 1.807) is 6.07 Å². The van der Waals surface area contributed by atoms with Crippen LogP contribution in [0.2, 0.25) is 0 Å². The molecule has 3 heterocycles. The lowest BCUT2D eigenvalue weighted by Crippen LogP contribution is -2.23. The number of rotatable bonds is 5. The van der Waals surface area contributed by atoms with Crippen LogP contribution in [0.15, 0.2) is 52.4 Å². The van der Waals surface area contributed by atoms with Crippen LogP contribution < -0.4 is 15.9 Å². The van der Waals surface area contributed by atoms with Crippen LogP contribution in [0.25, 0.3) is 11.3 Å². The zero-order valence-corrected chi connectivity index (χ0v) is 13.6. The Labute approximate surface area is 149 Å². The second-order valence-electron chi connectivity index (χ2n) is 5.43. The van der Waals surface area contributed by atoms with Crippen molar-refractivity contribution in [3.8, 4) is 17.3 Å². The standard InChI is InChI=1S/C16H12F3N5O3/c17-16(18,19)9-27-15-21-6-11(7-22-15)12-2-4-14(26)24(23-12)8-10-1-3-13(25)20-5-10/h1-7H,8-9H2,(H,20,25). The van der Waals surface area contributed by atoms with Crippen molar-refractivity contribution in [2.45, 2.75) is 12.7 Å². The van der Waals surface area contributed by atoms with Gasteiger partial charge < -0.3 is 9.72 Å². The van der Waals surface area contributed by atoms with Gasteiger partial charge in [-0.15, -0.1) is 0 Å². The maximum Gasteiger partial charge on any atom is 0.422 e. The molecule has 0 spiro atoms. The molecule has 0 aliphatic heterocycles. The van der Waals surface area contributed by atoms with Crippen molar-refractivity contribution in [1.82, 2.24) is 24.7 Å². The van der Waals surface area contributed by atoms with Crippen LogP contribution in [0, 0.1) is 0 Å².